The van der Waals surface area contributed by atoms with Crippen LogP contribution in [0.1, 0.15) is 31.9 Å². The molecule has 1 aliphatic heterocycles. The van der Waals surface area contributed by atoms with Crippen molar-refractivity contribution in [2.75, 3.05) is 5.73 Å². The Morgan fingerprint density at radius 2 is 1.89 bits per heavy atom. The average Bonchev–Trinajstić information content (AvgIpc) is 2.65. The Morgan fingerprint density at radius 1 is 1.33 bits per heavy atom. The molecule has 1 aliphatic rings. The molecule has 0 saturated heterocycles. The van der Waals surface area contributed by atoms with Gasteiger partial charge in [0.1, 0.15) is 5.60 Å². The Hall–Kier alpha value is -0.820. The summed E-state index contributed by atoms with van der Waals surface area (Å²) < 4.78 is 5.71. The molecule has 18 heavy (non-hydrogen) atoms. The number of nitrogen functional groups attached to an aromatic ring is 1. The number of nitrogens with one attached hydrogen (secondary N) is 1. The van der Waals surface area contributed by atoms with Gasteiger partial charge in [-0.3, -0.25) is 4.79 Å². The predicted molar refractivity (Wildman–Crippen MR) is 81.0 cm³/mol. The Kier molecular flexibility index (Phi) is 5.40. The molecule has 0 amide bonds. The number of carbonyl (C=O) groups is 1. The molecule has 0 bridgehead atoms. The molecule has 0 aliphatic carbocycles. The van der Waals surface area contributed by atoms with E-state index in [9.17, 15) is 4.79 Å². The van der Waals surface area contributed by atoms with Crippen LogP contribution in [0.15, 0.2) is 12.1 Å². The van der Waals surface area contributed by atoms with E-state index in [-0.39, 0.29) is 5.60 Å². The van der Waals surface area contributed by atoms with Crippen LogP contribution in [-0.2, 0) is 22.6 Å². The normalized spacial score (nSPS) is 13.3. The van der Waals surface area contributed by atoms with Gasteiger partial charge in [-0.1, -0.05) is 0 Å². The van der Waals surface area contributed by atoms with Gasteiger partial charge in [0.25, 0.3) is 6.47 Å². The van der Waals surface area contributed by atoms with Crippen LogP contribution in [0.25, 0.3) is 0 Å². The number of halogens is 1. The van der Waals surface area contributed by atoms with E-state index in [4.69, 9.17) is 5.73 Å². The van der Waals surface area contributed by atoms with Gasteiger partial charge >= 0.3 is 0 Å². The first-order valence-corrected chi connectivity index (χ1v) is 6.80. The minimum atomic E-state index is -0.318. The van der Waals surface area contributed by atoms with E-state index in [1.165, 1.54) is 11.1 Å². The summed E-state index contributed by atoms with van der Waals surface area (Å²) in [5.41, 5.74) is 9.08. The molecule has 0 fully saturated rings. The zero-order valence-corrected chi connectivity index (χ0v) is 13.1. The van der Waals surface area contributed by atoms with Gasteiger partial charge in [-0.2, -0.15) is 0 Å². The van der Waals surface area contributed by atoms with Crippen molar-refractivity contribution in [3.8, 4) is 0 Å². The van der Waals surface area contributed by atoms with Gasteiger partial charge in [0.15, 0.2) is 0 Å². The second-order valence-corrected chi connectivity index (χ2v) is 6.23. The fourth-order valence-corrected chi connectivity index (χ4v) is 2.02. The highest BCUT2D eigenvalue weighted by atomic mass is 127. The molecule has 1 aromatic carbocycles. The quantitative estimate of drug-likeness (QED) is 0.458. The fourth-order valence-electron chi connectivity index (χ4n) is 1.48. The van der Waals surface area contributed by atoms with Gasteiger partial charge < -0.3 is 15.8 Å². The van der Waals surface area contributed by atoms with E-state index in [0.717, 1.165) is 22.3 Å². The van der Waals surface area contributed by atoms with Crippen LogP contribution >= 0.6 is 22.6 Å². The first-order valence-electron chi connectivity index (χ1n) is 5.72. The summed E-state index contributed by atoms with van der Waals surface area (Å²) in [5, 5.41) is 3.28. The minimum absolute atomic E-state index is 0.318. The lowest BCUT2D eigenvalue weighted by molar-refractivity contribution is -0.138. The van der Waals surface area contributed by atoms with Crippen molar-refractivity contribution in [2.45, 2.75) is 39.5 Å². The second-order valence-electron chi connectivity index (χ2n) is 5.07. The molecule has 0 radical (unpaired) electrons. The molecule has 0 unspecified atom stereocenters. The number of ether oxygens (including phenoxy) is 1. The van der Waals surface area contributed by atoms with Crippen LogP contribution in [0.2, 0.25) is 0 Å². The summed E-state index contributed by atoms with van der Waals surface area (Å²) in [4.78, 5) is 9.60. The van der Waals surface area contributed by atoms with Crippen molar-refractivity contribution >= 4 is 34.8 Å². The molecule has 1 aromatic rings. The Labute approximate surface area is 121 Å². The first kappa shape index (κ1) is 15.2. The first-order chi connectivity index (χ1) is 8.33. The smallest absolute Gasteiger partial charge is 0.293 e. The van der Waals surface area contributed by atoms with E-state index in [0.29, 0.717) is 6.47 Å². The van der Waals surface area contributed by atoms with Crippen molar-refractivity contribution in [2.24, 2.45) is 0 Å². The number of anilines is 1. The minimum Gasteiger partial charge on any atom is -0.462 e. The fraction of sp³-hybridized carbons (Fsp3) is 0.462. The topological polar surface area (TPSA) is 64.3 Å². The summed E-state index contributed by atoms with van der Waals surface area (Å²) in [7, 11) is 0. The number of rotatable bonds is 1. The summed E-state index contributed by atoms with van der Waals surface area (Å²) in [6.45, 7) is 7.88. The second kappa shape index (κ2) is 6.38. The third-order valence-electron chi connectivity index (χ3n) is 2.35. The van der Waals surface area contributed by atoms with E-state index in [1.54, 1.807) is 0 Å². The number of fused-ring (bicyclic) bond motifs is 1. The van der Waals surface area contributed by atoms with Gasteiger partial charge in [-0.05, 0) is 66.6 Å². The van der Waals surface area contributed by atoms with Crippen molar-refractivity contribution in [1.29, 1.82) is 0 Å². The predicted octanol–water partition coefficient (Wildman–Crippen LogP) is 2.43. The number of hydrogen-bond acceptors (Lipinski definition) is 4. The summed E-state index contributed by atoms with van der Waals surface area (Å²) >= 11 is 2.26. The van der Waals surface area contributed by atoms with Crippen LogP contribution in [-0.4, -0.2) is 12.1 Å². The number of benzene rings is 1. The largest absolute Gasteiger partial charge is 0.462 e. The number of carbonyl (C=O) groups excluding carboxylic acids is 1. The third-order valence-corrected chi connectivity index (χ3v) is 3.29. The van der Waals surface area contributed by atoms with Crippen LogP contribution in [0.4, 0.5) is 5.69 Å². The molecule has 5 heteroatoms. The monoisotopic (exact) mass is 362 g/mol. The van der Waals surface area contributed by atoms with Gasteiger partial charge in [-0.15, -0.1) is 0 Å². The van der Waals surface area contributed by atoms with Crippen molar-refractivity contribution < 1.29 is 9.53 Å². The molecule has 3 N–H and O–H groups in total. The van der Waals surface area contributed by atoms with Crippen molar-refractivity contribution in [3.05, 3.63) is 26.8 Å². The highest BCUT2D eigenvalue weighted by Crippen LogP contribution is 2.23. The summed E-state index contributed by atoms with van der Waals surface area (Å²) in [6.07, 6.45) is 0. The molecule has 2 rings (SSSR count). The van der Waals surface area contributed by atoms with Crippen LogP contribution in [0, 0.1) is 3.57 Å². The van der Waals surface area contributed by atoms with Crippen LogP contribution in [0.5, 0.6) is 0 Å². The third kappa shape index (κ3) is 4.81. The lowest BCUT2D eigenvalue weighted by Gasteiger charge is -2.14. The highest BCUT2D eigenvalue weighted by molar-refractivity contribution is 14.1. The van der Waals surface area contributed by atoms with Gasteiger partial charge in [-0.25, -0.2) is 0 Å². The van der Waals surface area contributed by atoms with Crippen molar-refractivity contribution in [1.82, 2.24) is 5.32 Å². The van der Waals surface area contributed by atoms with Gasteiger partial charge in [0, 0.05) is 22.3 Å². The maximum absolute atomic E-state index is 9.60. The Bertz CT molecular complexity index is 399. The number of hydrogen-bond donors (Lipinski definition) is 2. The summed E-state index contributed by atoms with van der Waals surface area (Å²) in [5.74, 6) is 0. The SMILES string of the molecule is CC(C)(C)OC=O.Nc1cc2c(cc1I)CNC2. The molecule has 0 saturated carbocycles. The van der Waals surface area contributed by atoms with Crippen LogP contribution < -0.4 is 11.1 Å². The molecule has 0 aromatic heterocycles. The molecule has 0 spiro atoms. The molecular formula is C13H19IN2O2. The molecular weight excluding hydrogens is 343 g/mol. The standard InChI is InChI=1S/C8H9IN2.C5H10O2/c9-7-1-5-3-11-4-6(5)2-8(7)10;1-5(2,3)7-4-6/h1-2,11H,3-4,10H2;4H,1-3H3. The molecule has 1 heterocycles. The van der Waals surface area contributed by atoms with E-state index >= 15 is 0 Å². The maximum Gasteiger partial charge on any atom is 0.293 e. The van der Waals surface area contributed by atoms with Crippen molar-refractivity contribution in [3.63, 3.8) is 0 Å². The van der Waals surface area contributed by atoms with Crippen LogP contribution in [0.3, 0.4) is 0 Å². The lowest BCUT2D eigenvalue weighted by atomic mass is 10.1. The molecule has 4 nitrogen and oxygen atoms in total. The number of nitrogens with two attached hydrogens (primary N) is 1. The zero-order valence-electron chi connectivity index (χ0n) is 10.9. The molecule has 100 valence electrons. The van der Waals surface area contributed by atoms with Gasteiger partial charge in [0.05, 0.1) is 0 Å². The Morgan fingerprint density at radius 3 is 2.33 bits per heavy atom. The molecule has 0 atom stereocenters. The van der Waals surface area contributed by atoms with Gasteiger partial charge in [0.2, 0.25) is 0 Å². The average molecular weight is 362 g/mol. The maximum atomic E-state index is 9.60. The van der Waals surface area contributed by atoms with E-state index in [2.05, 4.69) is 44.8 Å². The summed E-state index contributed by atoms with van der Waals surface area (Å²) in [6, 6.07) is 4.22. The Balaban J connectivity index is 0.000000203. The zero-order chi connectivity index (χ0) is 13.8. The highest BCUT2D eigenvalue weighted by Gasteiger charge is 2.11. The lowest BCUT2D eigenvalue weighted by Crippen LogP contribution is -2.17. The van der Waals surface area contributed by atoms with E-state index in [1.807, 2.05) is 20.8 Å². The van der Waals surface area contributed by atoms with E-state index < -0.39 is 0 Å².